The minimum atomic E-state index is -0.960. The maximum atomic E-state index is 12.8. The third-order valence-electron chi connectivity index (χ3n) is 5.07. The molecule has 3 rings (SSSR count). The summed E-state index contributed by atoms with van der Waals surface area (Å²) in [5.41, 5.74) is 2.29. The average molecular weight is 395 g/mol. The van der Waals surface area contributed by atoms with Gasteiger partial charge in [0.15, 0.2) is 6.10 Å². The van der Waals surface area contributed by atoms with Crippen LogP contribution in [0.5, 0.6) is 0 Å². The number of H-pyrrole nitrogens is 2. The van der Waals surface area contributed by atoms with E-state index in [4.69, 9.17) is 4.74 Å². The zero-order chi connectivity index (χ0) is 21.0. The summed E-state index contributed by atoms with van der Waals surface area (Å²) in [5, 5.41) is 2.72. The Morgan fingerprint density at radius 3 is 2.41 bits per heavy atom. The first-order valence-corrected chi connectivity index (χ1v) is 9.67. The van der Waals surface area contributed by atoms with Crippen LogP contribution >= 0.6 is 0 Å². The van der Waals surface area contributed by atoms with E-state index in [2.05, 4.69) is 15.3 Å². The second-order valence-corrected chi connectivity index (χ2v) is 7.18. The lowest BCUT2D eigenvalue weighted by molar-refractivity contribution is -0.155. The van der Waals surface area contributed by atoms with Crippen molar-refractivity contribution in [2.75, 3.05) is 5.32 Å². The van der Waals surface area contributed by atoms with Gasteiger partial charge in [-0.25, -0.2) is 4.79 Å². The first kappa shape index (κ1) is 20.4. The largest absolute Gasteiger partial charge is 0.452 e. The summed E-state index contributed by atoms with van der Waals surface area (Å²) < 4.78 is 5.50. The number of aromatic nitrogens is 2. The molecule has 3 N–H and O–H groups in total. The van der Waals surface area contributed by atoms with E-state index in [0.29, 0.717) is 16.7 Å². The quantitative estimate of drug-likeness (QED) is 0.532. The molecule has 0 aliphatic rings. The number of benzene rings is 2. The van der Waals surface area contributed by atoms with Crippen molar-refractivity contribution < 1.29 is 14.3 Å². The van der Waals surface area contributed by atoms with Crippen LogP contribution in [0.4, 0.5) is 5.69 Å². The highest BCUT2D eigenvalue weighted by Crippen LogP contribution is 2.28. The Morgan fingerprint density at radius 2 is 1.72 bits per heavy atom. The zero-order valence-electron chi connectivity index (χ0n) is 16.7. The van der Waals surface area contributed by atoms with Gasteiger partial charge in [-0.1, -0.05) is 50.6 Å². The van der Waals surface area contributed by atoms with Crippen LogP contribution in [-0.2, 0) is 14.3 Å². The second-order valence-electron chi connectivity index (χ2n) is 7.18. The second kappa shape index (κ2) is 8.77. The van der Waals surface area contributed by atoms with Crippen molar-refractivity contribution in [2.24, 2.45) is 5.92 Å². The van der Waals surface area contributed by atoms with Gasteiger partial charge in [-0.2, -0.15) is 0 Å². The number of rotatable bonds is 7. The van der Waals surface area contributed by atoms with Gasteiger partial charge in [-0.05, 0) is 36.6 Å². The summed E-state index contributed by atoms with van der Waals surface area (Å²) in [6, 6.07) is 14.5. The van der Waals surface area contributed by atoms with E-state index in [1.807, 2.05) is 44.2 Å². The first-order valence-electron chi connectivity index (χ1n) is 9.67. The van der Waals surface area contributed by atoms with Gasteiger partial charge in [0.05, 0.1) is 17.0 Å². The summed E-state index contributed by atoms with van der Waals surface area (Å²) in [6.07, 6.45) is -0.150. The lowest BCUT2D eigenvalue weighted by Crippen LogP contribution is -2.33. The van der Waals surface area contributed by atoms with Gasteiger partial charge in [0.25, 0.3) is 5.91 Å². The number of carbonyl (C=O) groups excluding carboxylic acids is 2. The summed E-state index contributed by atoms with van der Waals surface area (Å²) in [7, 11) is 0. The Labute approximate surface area is 168 Å². The Kier molecular flexibility index (Phi) is 6.16. The molecule has 7 heteroatoms. The molecule has 1 aromatic heterocycles. The number of hydrogen-bond acceptors (Lipinski definition) is 4. The number of fused-ring (bicyclic) bond motifs is 1. The Morgan fingerprint density at radius 1 is 1.03 bits per heavy atom. The van der Waals surface area contributed by atoms with E-state index < -0.39 is 23.9 Å². The van der Waals surface area contributed by atoms with E-state index in [9.17, 15) is 14.4 Å². The Balaban J connectivity index is 1.69. The number of nitrogens with one attached hydrogen (secondary N) is 3. The third kappa shape index (κ3) is 4.74. The summed E-state index contributed by atoms with van der Waals surface area (Å²) >= 11 is 0. The predicted molar refractivity (Wildman–Crippen MR) is 112 cm³/mol. The summed E-state index contributed by atoms with van der Waals surface area (Å²) in [6.45, 7) is 5.56. The normalized spacial score (nSPS) is 14.2. The molecule has 0 bridgehead atoms. The number of aromatic amines is 2. The molecule has 0 saturated heterocycles. The van der Waals surface area contributed by atoms with Crippen molar-refractivity contribution in [1.29, 1.82) is 0 Å². The molecule has 1 amide bonds. The van der Waals surface area contributed by atoms with E-state index >= 15 is 0 Å². The van der Waals surface area contributed by atoms with Crippen LogP contribution in [0.2, 0.25) is 0 Å². The molecule has 0 unspecified atom stereocenters. The minimum absolute atomic E-state index is 0.0768. The third-order valence-corrected chi connectivity index (χ3v) is 5.07. The summed E-state index contributed by atoms with van der Waals surface area (Å²) in [4.78, 5) is 42.0. The highest BCUT2D eigenvalue weighted by Gasteiger charge is 2.30. The van der Waals surface area contributed by atoms with E-state index in [1.54, 1.807) is 25.1 Å². The van der Waals surface area contributed by atoms with Crippen molar-refractivity contribution in [2.45, 2.75) is 39.2 Å². The van der Waals surface area contributed by atoms with E-state index in [1.165, 1.54) is 0 Å². The van der Waals surface area contributed by atoms with Crippen LogP contribution < -0.4 is 11.0 Å². The lowest BCUT2D eigenvalue weighted by atomic mass is 9.85. The molecular formula is C22H25N3O4. The fourth-order valence-electron chi connectivity index (χ4n) is 3.25. The summed E-state index contributed by atoms with van der Waals surface area (Å²) in [5.74, 6) is -1.21. The van der Waals surface area contributed by atoms with Crippen LogP contribution in [0.1, 0.15) is 38.7 Å². The van der Waals surface area contributed by atoms with Crippen molar-refractivity contribution in [3.05, 3.63) is 64.6 Å². The highest BCUT2D eigenvalue weighted by atomic mass is 16.5. The van der Waals surface area contributed by atoms with Crippen molar-refractivity contribution >= 4 is 28.6 Å². The molecule has 3 atom stereocenters. The maximum absolute atomic E-state index is 12.8. The van der Waals surface area contributed by atoms with Crippen LogP contribution in [0.25, 0.3) is 11.0 Å². The first-order chi connectivity index (χ1) is 13.9. The molecule has 3 aromatic rings. The van der Waals surface area contributed by atoms with Gasteiger partial charge in [0.2, 0.25) is 0 Å². The molecule has 0 saturated carbocycles. The van der Waals surface area contributed by atoms with Gasteiger partial charge in [-0.3, -0.25) is 9.59 Å². The number of hydrogen-bond donors (Lipinski definition) is 3. The lowest BCUT2D eigenvalue weighted by Gasteiger charge is -2.23. The monoisotopic (exact) mass is 395 g/mol. The van der Waals surface area contributed by atoms with E-state index in [-0.39, 0.29) is 11.6 Å². The Bertz CT molecular complexity index is 1050. The van der Waals surface area contributed by atoms with Crippen LogP contribution in [-0.4, -0.2) is 27.9 Å². The molecule has 2 aromatic carbocycles. The van der Waals surface area contributed by atoms with Crippen molar-refractivity contribution in [1.82, 2.24) is 9.97 Å². The number of anilines is 1. The molecule has 0 aliphatic carbocycles. The SMILES string of the molecule is CC[C@H](C)[C@@H](C(=O)O[C@@H](C)C(=O)Nc1ccc2[nH]c(=O)[nH]c2c1)c1ccccc1. The molecule has 152 valence electrons. The van der Waals surface area contributed by atoms with Gasteiger partial charge in [0, 0.05) is 5.69 Å². The fourth-order valence-corrected chi connectivity index (χ4v) is 3.25. The van der Waals surface area contributed by atoms with Gasteiger partial charge >= 0.3 is 11.7 Å². The van der Waals surface area contributed by atoms with E-state index in [0.717, 1.165) is 12.0 Å². The smallest absolute Gasteiger partial charge is 0.323 e. The number of ether oxygens (including phenoxy) is 1. The molecular weight excluding hydrogens is 370 g/mol. The topological polar surface area (TPSA) is 104 Å². The predicted octanol–water partition coefficient (Wildman–Crippen LogP) is 3.56. The number of carbonyl (C=O) groups is 2. The Hall–Kier alpha value is -3.35. The van der Waals surface area contributed by atoms with Gasteiger partial charge < -0.3 is 20.0 Å². The van der Waals surface area contributed by atoms with Gasteiger partial charge in [0.1, 0.15) is 0 Å². The molecule has 7 nitrogen and oxygen atoms in total. The van der Waals surface area contributed by atoms with Crippen LogP contribution in [0, 0.1) is 5.92 Å². The van der Waals surface area contributed by atoms with Crippen molar-refractivity contribution in [3.8, 4) is 0 Å². The average Bonchev–Trinajstić information content (AvgIpc) is 3.08. The standard InChI is InChI=1S/C22H25N3O4/c1-4-13(2)19(15-8-6-5-7-9-15)21(27)29-14(3)20(26)23-16-10-11-17-18(12-16)25-22(28)24-17/h5-14,19H,4H2,1-3H3,(H,23,26)(H2,24,25,28)/t13-,14-,19+/m0/s1. The number of imidazole rings is 1. The number of amides is 1. The molecule has 0 fully saturated rings. The van der Waals surface area contributed by atoms with Crippen molar-refractivity contribution in [3.63, 3.8) is 0 Å². The van der Waals surface area contributed by atoms with Crippen LogP contribution in [0.3, 0.4) is 0 Å². The molecule has 0 radical (unpaired) electrons. The van der Waals surface area contributed by atoms with Crippen LogP contribution in [0.15, 0.2) is 53.3 Å². The van der Waals surface area contributed by atoms with Gasteiger partial charge in [-0.15, -0.1) is 0 Å². The molecule has 1 heterocycles. The molecule has 0 aliphatic heterocycles. The molecule has 29 heavy (non-hydrogen) atoms. The number of esters is 1. The maximum Gasteiger partial charge on any atom is 0.323 e. The highest BCUT2D eigenvalue weighted by molar-refractivity contribution is 5.97. The fraction of sp³-hybridized carbons (Fsp3) is 0.318. The molecule has 0 spiro atoms. The minimum Gasteiger partial charge on any atom is -0.452 e. The zero-order valence-corrected chi connectivity index (χ0v) is 16.7.